The number of hydrogen-bond acceptors (Lipinski definition) is 6. The van der Waals surface area contributed by atoms with Crippen molar-refractivity contribution in [2.45, 2.75) is 13.8 Å². The Morgan fingerprint density at radius 3 is 2.54 bits per heavy atom. The molecule has 1 N–H and O–H groups in total. The Morgan fingerprint density at radius 1 is 1.04 bits per heavy atom. The number of carbonyl (C=O) groups is 1. The van der Waals surface area contributed by atoms with Crippen LogP contribution in [-0.2, 0) is 0 Å². The van der Waals surface area contributed by atoms with Crippen molar-refractivity contribution in [1.82, 2.24) is 4.98 Å². The fraction of sp³-hybridized carbons (Fsp3) is 0.238. The molecular weight excluding hydrogens is 376 g/mol. The average Bonchev–Trinajstić information content (AvgIpc) is 3.11. The number of hydrogen-bond donors (Lipinski definition) is 1. The van der Waals surface area contributed by atoms with Crippen molar-refractivity contribution >= 4 is 22.4 Å². The first-order valence-electron chi connectivity index (χ1n) is 8.97. The van der Waals surface area contributed by atoms with Crippen LogP contribution in [0, 0.1) is 6.92 Å². The van der Waals surface area contributed by atoms with Gasteiger partial charge in [0.05, 0.1) is 6.61 Å². The molecule has 3 aromatic rings. The van der Waals surface area contributed by atoms with E-state index in [4.69, 9.17) is 14.2 Å². The number of aromatic nitrogens is 1. The molecule has 0 aliphatic heterocycles. The summed E-state index contributed by atoms with van der Waals surface area (Å²) in [6.07, 6.45) is 1.72. The molecule has 28 heavy (non-hydrogen) atoms. The van der Waals surface area contributed by atoms with E-state index in [0.717, 1.165) is 10.6 Å². The van der Waals surface area contributed by atoms with Gasteiger partial charge in [-0.05, 0) is 44.2 Å². The predicted molar refractivity (Wildman–Crippen MR) is 110 cm³/mol. The molecule has 1 heterocycles. The zero-order chi connectivity index (χ0) is 19.8. The number of nitrogens with zero attached hydrogens (tertiary/aromatic N) is 1. The molecule has 0 saturated carbocycles. The van der Waals surface area contributed by atoms with Gasteiger partial charge in [-0.15, -0.1) is 11.3 Å². The maximum atomic E-state index is 12.4. The van der Waals surface area contributed by atoms with Crippen LogP contribution in [0.25, 0.3) is 0 Å². The van der Waals surface area contributed by atoms with Crippen LogP contribution in [-0.4, -0.2) is 30.7 Å². The molecule has 146 valence electrons. The summed E-state index contributed by atoms with van der Waals surface area (Å²) in [5.74, 6) is 1.64. The van der Waals surface area contributed by atoms with E-state index >= 15 is 0 Å². The number of carbonyl (C=O) groups excluding carboxylic acids is 1. The van der Waals surface area contributed by atoms with E-state index in [0.29, 0.717) is 42.0 Å². The summed E-state index contributed by atoms with van der Waals surface area (Å²) in [6.45, 7) is 5.05. The van der Waals surface area contributed by atoms with Crippen molar-refractivity contribution in [3.63, 3.8) is 0 Å². The predicted octanol–water partition coefficient (Wildman–Crippen LogP) is 4.56. The molecule has 7 heteroatoms. The number of nitrogens with one attached hydrogen (secondary N) is 1. The van der Waals surface area contributed by atoms with Gasteiger partial charge in [0, 0.05) is 16.6 Å². The monoisotopic (exact) mass is 398 g/mol. The third kappa shape index (κ3) is 5.47. The maximum Gasteiger partial charge on any atom is 0.257 e. The molecule has 0 aliphatic carbocycles. The van der Waals surface area contributed by atoms with Crippen molar-refractivity contribution in [3.8, 4) is 17.2 Å². The fourth-order valence-electron chi connectivity index (χ4n) is 2.45. The van der Waals surface area contributed by atoms with Gasteiger partial charge in [0.2, 0.25) is 0 Å². The fourth-order valence-corrected chi connectivity index (χ4v) is 3.11. The minimum absolute atomic E-state index is 0.241. The SMILES string of the molecule is CCOc1cc(C(=O)Nc2ncc(C)s2)ccc1OCCOc1ccccc1. The van der Waals surface area contributed by atoms with E-state index in [2.05, 4.69) is 10.3 Å². The van der Waals surface area contributed by atoms with Crippen molar-refractivity contribution in [2.75, 3.05) is 25.1 Å². The standard InChI is InChI=1S/C21H22N2O4S/c1-3-25-19-13-16(20(24)23-21-22-14-15(2)28-21)9-10-18(19)27-12-11-26-17-7-5-4-6-8-17/h4-10,13-14H,3,11-12H2,1-2H3,(H,22,23,24). The van der Waals surface area contributed by atoms with Gasteiger partial charge in [-0.25, -0.2) is 4.98 Å². The number of aryl methyl sites for hydroxylation is 1. The van der Waals surface area contributed by atoms with Gasteiger partial charge in [-0.1, -0.05) is 18.2 Å². The third-order valence-corrected chi connectivity index (χ3v) is 4.53. The molecule has 0 unspecified atom stereocenters. The van der Waals surface area contributed by atoms with Crippen LogP contribution in [0.4, 0.5) is 5.13 Å². The number of para-hydroxylation sites is 1. The van der Waals surface area contributed by atoms with Crippen LogP contribution in [0.1, 0.15) is 22.2 Å². The van der Waals surface area contributed by atoms with Gasteiger partial charge in [0.15, 0.2) is 16.6 Å². The van der Waals surface area contributed by atoms with Gasteiger partial charge in [0.1, 0.15) is 19.0 Å². The molecule has 0 bridgehead atoms. The van der Waals surface area contributed by atoms with E-state index in [-0.39, 0.29) is 5.91 Å². The summed E-state index contributed by atoms with van der Waals surface area (Å²) in [5.41, 5.74) is 0.476. The summed E-state index contributed by atoms with van der Waals surface area (Å²) in [4.78, 5) is 17.6. The Balaban J connectivity index is 1.60. The largest absolute Gasteiger partial charge is 0.490 e. The lowest BCUT2D eigenvalue weighted by atomic mass is 10.2. The maximum absolute atomic E-state index is 12.4. The molecular formula is C21H22N2O4S. The number of ether oxygens (including phenoxy) is 3. The zero-order valence-corrected chi connectivity index (χ0v) is 16.6. The molecule has 0 spiro atoms. The van der Waals surface area contributed by atoms with Crippen LogP contribution < -0.4 is 19.5 Å². The second-order valence-corrected chi connectivity index (χ2v) is 7.07. The van der Waals surface area contributed by atoms with Gasteiger partial charge in [0.25, 0.3) is 5.91 Å². The Bertz CT molecular complexity index is 912. The molecule has 1 aromatic heterocycles. The number of thiazole rings is 1. The number of amides is 1. The number of benzene rings is 2. The van der Waals surface area contributed by atoms with Crippen molar-refractivity contribution in [2.24, 2.45) is 0 Å². The highest BCUT2D eigenvalue weighted by atomic mass is 32.1. The Kier molecular flexibility index (Phi) is 6.86. The van der Waals surface area contributed by atoms with Crippen LogP contribution in [0.2, 0.25) is 0 Å². The summed E-state index contributed by atoms with van der Waals surface area (Å²) in [7, 11) is 0. The van der Waals surface area contributed by atoms with Crippen molar-refractivity contribution in [1.29, 1.82) is 0 Å². The highest BCUT2D eigenvalue weighted by Gasteiger charge is 2.13. The quantitative estimate of drug-likeness (QED) is 0.535. The Morgan fingerprint density at radius 2 is 1.82 bits per heavy atom. The normalized spacial score (nSPS) is 10.4. The minimum atomic E-state index is -0.241. The molecule has 1 amide bonds. The first-order valence-corrected chi connectivity index (χ1v) is 9.78. The molecule has 0 aliphatic rings. The van der Waals surface area contributed by atoms with Gasteiger partial charge >= 0.3 is 0 Å². The highest BCUT2D eigenvalue weighted by molar-refractivity contribution is 7.15. The second kappa shape index (κ2) is 9.75. The van der Waals surface area contributed by atoms with E-state index in [1.54, 1.807) is 24.4 Å². The molecule has 0 saturated heterocycles. The summed E-state index contributed by atoms with van der Waals surface area (Å²) >= 11 is 1.43. The molecule has 0 radical (unpaired) electrons. The minimum Gasteiger partial charge on any atom is -0.490 e. The third-order valence-electron chi connectivity index (χ3n) is 3.70. The van der Waals surface area contributed by atoms with Gasteiger partial charge in [-0.2, -0.15) is 0 Å². The average molecular weight is 398 g/mol. The summed E-state index contributed by atoms with van der Waals surface area (Å²) in [6, 6.07) is 14.7. The molecule has 6 nitrogen and oxygen atoms in total. The van der Waals surface area contributed by atoms with Crippen LogP contribution in [0.15, 0.2) is 54.7 Å². The number of rotatable bonds is 9. The zero-order valence-electron chi connectivity index (χ0n) is 15.8. The Labute approximate surface area is 168 Å². The smallest absolute Gasteiger partial charge is 0.257 e. The van der Waals surface area contributed by atoms with E-state index in [9.17, 15) is 4.79 Å². The van der Waals surface area contributed by atoms with Gasteiger partial charge < -0.3 is 14.2 Å². The first-order chi connectivity index (χ1) is 13.7. The molecule has 0 atom stereocenters. The van der Waals surface area contributed by atoms with Crippen LogP contribution >= 0.6 is 11.3 Å². The molecule has 3 rings (SSSR count). The lowest BCUT2D eigenvalue weighted by Gasteiger charge is -2.13. The number of anilines is 1. The lowest BCUT2D eigenvalue weighted by molar-refractivity contribution is 0.102. The summed E-state index contributed by atoms with van der Waals surface area (Å²) in [5, 5.41) is 3.36. The first kappa shape index (κ1) is 19.7. The molecule has 0 fully saturated rings. The van der Waals surface area contributed by atoms with Crippen LogP contribution in [0.3, 0.4) is 0 Å². The van der Waals surface area contributed by atoms with Gasteiger partial charge in [-0.3, -0.25) is 10.1 Å². The Hall–Kier alpha value is -3.06. The van der Waals surface area contributed by atoms with E-state index in [1.807, 2.05) is 44.2 Å². The second-order valence-electron chi connectivity index (χ2n) is 5.83. The van der Waals surface area contributed by atoms with E-state index in [1.165, 1.54) is 11.3 Å². The van der Waals surface area contributed by atoms with E-state index < -0.39 is 0 Å². The molecule has 2 aromatic carbocycles. The van der Waals surface area contributed by atoms with Crippen molar-refractivity contribution in [3.05, 3.63) is 65.2 Å². The highest BCUT2D eigenvalue weighted by Crippen LogP contribution is 2.29. The van der Waals surface area contributed by atoms with Crippen molar-refractivity contribution < 1.29 is 19.0 Å². The lowest BCUT2D eigenvalue weighted by Crippen LogP contribution is -2.13. The van der Waals surface area contributed by atoms with Crippen LogP contribution in [0.5, 0.6) is 17.2 Å². The summed E-state index contributed by atoms with van der Waals surface area (Å²) < 4.78 is 17.0. The topological polar surface area (TPSA) is 69.7 Å².